The van der Waals surface area contributed by atoms with Crippen LogP contribution in [0.3, 0.4) is 0 Å². The van der Waals surface area contributed by atoms with Gasteiger partial charge in [0.2, 0.25) is 5.91 Å². The molecule has 4 heteroatoms. The second-order valence-corrected chi connectivity index (χ2v) is 4.64. The van der Waals surface area contributed by atoms with Crippen LogP contribution < -0.4 is 4.74 Å². The number of rotatable bonds is 5. The standard InChI is InChI=1S/C15H20N2O2/c1-5-19-13-8-6-12(7-9-13)14(10-16)17(4)15(18)11(2)3/h6-9,11,14H,5H2,1-4H3. The van der Waals surface area contributed by atoms with E-state index in [9.17, 15) is 10.1 Å². The quantitative estimate of drug-likeness (QED) is 0.818. The number of amides is 1. The van der Waals surface area contributed by atoms with Crippen molar-refractivity contribution < 1.29 is 9.53 Å². The Hall–Kier alpha value is -2.02. The number of ether oxygens (including phenoxy) is 1. The van der Waals surface area contributed by atoms with E-state index in [1.54, 1.807) is 7.05 Å². The first-order valence-electron chi connectivity index (χ1n) is 6.40. The zero-order chi connectivity index (χ0) is 14.4. The molecule has 0 saturated heterocycles. The van der Waals surface area contributed by atoms with Gasteiger partial charge < -0.3 is 9.64 Å². The Labute approximate surface area is 114 Å². The fourth-order valence-electron chi connectivity index (χ4n) is 1.83. The van der Waals surface area contributed by atoms with Gasteiger partial charge in [0.25, 0.3) is 0 Å². The normalized spacial score (nSPS) is 11.8. The molecule has 1 amide bonds. The molecule has 1 aromatic carbocycles. The van der Waals surface area contributed by atoms with E-state index >= 15 is 0 Å². The molecule has 19 heavy (non-hydrogen) atoms. The van der Waals surface area contributed by atoms with E-state index in [-0.39, 0.29) is 11.8 Å². The van der Waals surface area contributed by atoms with Crippen LogP contribution in [-0.4, -0.2) is 24.5 Å². The minimum atomic E-state index is -0.564. The maximum Gasteiger partial charge on any atom is 0.226 e. The largest absolute Gasteiger partial charge is 0.494 e. The summed E-state index contributed by atoms with van der Waals surface area (Å²) in [6.07, 6.45) is 0. The number of hydrogen-bond acceptors (Lipinski definition) is 3. The molecule has 0 radical (unpaired) electrons. The van der Waals surface area contributed by atoms with Crippen molar-refractivity contribution in [3.8, 4) is 11.8 Å². The molecular formula is C15H20N2O2. The second kappa shape index (κ2) is 6.79. The summed E-state index contributed by atoms with van der Waals surface area (Å²) in [5.74, 6) is 0.602. The summed E-state index contributed by atoms with van der Waals surface area (Å²) in [4.78, 5) is 13.4. The molecule has 0 aliphatic carbocycles. The molecule has 0 fully saturated rings. The Kier molecular flexibility index (Phi) is 5.37. The van der Waals surface area contributed by atoms with Crippen molar-refractivity contribution in [3.63, 3.8) is 0 Å². The van der Waals surface area contributed by atoms with Gasteiger partial charge in [-0.1, -0.05) is 26.0 Å². The van der Waals surface area contributed by atoms with Gasteiger partial charge >= 0.3 is 0 Å². The molecule has 1 rings (SSSR count). The Morgan fingerprint density at radius 1 is 1.37 bits per heavy atom. The highest BCUT2D eigenvalue weighted by atomic mass is 16.5. The van der Waals surface area contributed by atoms with E-state index in [0.717, 1.165) is 11.3 Å². The van der Waals surface area contributed by atoms with Crippen molar-refractivity contribution >= 4 is 5.91 Å². The van der Waals surface area contributed by atoms with Crippen LogP contribution in [0.15, 0.2) is 24.3 Å². The summed E-state index contributed by atoms with van der Waals surface area (Å²) in [6.45, 7) is 6.17. The van der Waals surface area contributed by atoms with E-state index in [2.05, 4.69) is 6.07 Å². The van der Waals surface area contributed by atoms with E-state index in [1.165, 1.54) is 4.90 Å². The van der Waals surface area contributed by atoms with Crippen LogP contribution in [0.4, 0.5) is 0 Å². The fraction of sp³-hybridized carbons (Fsp3) is 0.467. The molecule has 0 heterocycles. The van der Waals surface area contributed by atoms with Crippen molar-refractivity contribution in [3.05, 3.63) is 29.8 Å². The molecule has 0 bridgehead atoms. The third-order valence-electron chi connectivity index (χ3n) is 2.86. The molecule has 0 saturated carbocycles. The van der Waals surface area contributed by atoms with Gasteiger partial charge in [-0.05, 0) is 24.6 Å². The van der Waals surface area contributed by atoms with E-state index < -0.39 is 6.04 Å². The molecule has 1 atom stereocenters. The first-order chi connectivity index (χ1) is 9.01. The van der Waals surface area contributed by atoms with E-state index in [1.807, 2.05) is 45.0 Å². The second-order valence-electron chi connectivity index (χ2n) is 4.64. The average Bonchev–Trinajstić information content (AvgIpc) is 2.40. The van der Waals surface area contributed by atoms with Crippen LogP contribution in [0.1, 0.15) is 32.4 Å². The van der Waals surface area contributed by atoms with Gasteiger partial charge in [0.05, 0.1) is 12.7 Å². The zero-order valence-corrected chi connectivity index (χ0v) is 11.9. The zero-order valence-electron chi connectivity index (χ0n) is 11.9. The predicted octanol–water partition coefficient (Wildman–Crippen LogP) is 2.76. The molecule has 4 nitrogen and oxygen atoms in total. The van der Waals surface area contributed by atoms with Crippen LogP contribution in [-0.2, 0) is 4.79 Å². The lowest BCUT2D eigenvalue weighted by molar-refractivity contribution is -0.134. The molecule has 0 aromatic heterocycles. The number of nitrogens with zero attached hydrogens (tertiary/aromatic N) is 2. The van der Waals surface area contributed by atoms with Gasteiger partial charge in [0.1, 0.15) is 11.8 Å². The predicted molar refractivity (Wildman–Crippen MR) is 73.6 cm³/mol. The minimum Gasteiger partial charge on any atom is -0.494 e. The molecule has 0 spiro atoms. The van der Waals surface area contributed by atoms with Gasteiger partial charge in [0.15, 0.2) is 0 Å². The molecule has 102 valence electrons. The Morgan fingerprint density at radius 2 is 1.95 bits per heavy atom. The van der Waals surface area contributed by atoms with Crippen LogP contribution in [0.2, 0.25) is 0 Å². The topological polar surface area (TPSA) is 53.3 Å². The lowest BCUT2D eigenvalue weighted by Crippen LogP contribution is -2.33. The molecule has 1 unspecified atom stereocenters. The Morgan fingerprint density at radius 3 is 2.37 bits per heavy atom. The minimum absolute atomic E-state index is 0.0413. The number of carbonyl (C=O) groups is 1. The summed E-state index contributed by atoms with van der Waals surface area (Å²) in [6, 6.07) is 8.88. The smallest absolute Gasteiger partial charge is 0.226 e. The van der Waals surface area contributed by atoms with Gasteiger partial charge in [-0.15, -0.1) is 0 Å². The fourth-order valence-corrected chi connectivity index (χ4v) is 1.83. The maximum atomic E-state index is 11.9. The Balaban J connectivity index is 2.91. The average molecular weight is 260 g/mol. The SMILES string of the molecule is CCOc1ccc(C(C#N)N(C)C(=O)C(C)C)cc1. The van der Waals surface area contributed by atoms with Gasteiger partial charge in [-0.3, -0.25) is 4.79 Å². The van der Waals surface area contributed by atoms with Crippen molar-refractivity contribution in [1.29, 1.82) is 5.26 Å². The van der Waals surface area contributed by atoms with Crippen LogP contribution in [0.25, 0.3) is 0 Å². The highest BCUT2D eigenvalue weighted by molar-refractivity contribution is 5.78. The first kappa shape index (κ1) is 15.0. The molecule has 0 aliphatic rings. The summed E-state index contributed by atoms with van der Waals surface area (Å²) >= 11 is 0. The number of benzene rings is 1. The lowest BCUT2D eigenvalue weighted by Gasteiger charge is -2.24. The van der Waals surface area contributed by atoms with Gasteiger partial charge in [-0.25, -0.2) is 0 Å². The summed E-state index contributed by atoms with van der Waals surface area (Å²) in [5.41, 5.74) is 0.794. The third-order valence-corrected chi connectivity index (χ3v) is 2.86. The van der Waals surface area contributed by atoms with Crippen molar-refractivity contribution in [2.24, 2.45) is 5.92 Å². The highest BCUT2D eigenvalue weighted by Crippen LogP contribution is 2.22. The monoisotopic (exact) mass is 260 g/mol. The van der Waals surface area contributed by atoms with Crippen LogP contribution in [0, 0.1) is 17.2 Å². The highest BCUT2D eigenvalue weighted by Gasteiger charge is 2.23. The first-order valence-corrected chi connectivity index (χ1v) is 6.40. The third kappa shape index (κ3) is 3.72. The number of nitriles is 1. The van der Waals surface area contributed by atoms with Crippen LogP contribution in [0.5, 0.6) is 5.75 Å². The molecular weight excluding hydrogens is 240 g/mol. The number of hydrogen-bond donors (Lipinski definition) is 0. The van der Waals surface area contributed by atoms with Crippen molar-refractivity contribution in [2.75, 3.05) is 13.7 Å². The summed E-state index contributed by atoms with van der Waals surface area (Å²) in [5, 5.41) is 9.28. The van der Waals surface area contributed by atoms with E-state index in [4.69, 9.17) is 4.74 Å². The van der Waals surface area contributed by atoms with Crippen molar-refractivity contribution in [1.82, 2.24) is 4.90 Å². The molecule has 0 N–H and O–H groups in total. The van der Waals surface area contributed by atoms with Crippen LogP contribution >= 0.6 is 0 Å². The Bertz CT molecular complexity index is 460. The molecule has 0 aliphatic heterocycles. The van der Waals surface area contributed by atoms with Crippen molar-refractivity contribution in [2.45, 2.75) is 26.8 Å². The number of carbonyl (C=O) groups excluding carboxylic acids is 1. The maximum absolute atomic E-state index is 11.9. The molecule has 1 aromatic rings. The van der Waals surface area contributed by atoms with Gasteiger partial charge in [-0.2, -0.15) is 5.26 Å². The van der Waals surface area contributed by atoms with Gasteiger partial charge in [0, 0.05) is 13.0 Å². The summed E-state index contributed by atoms with van der Waals surface area (Å²) < 4.78 is 5.36. The summed E-state index contributed by atoms with van der Waals surface area (Å²) in [7, 11) is 1.66. The lowest BCUT2D eigenvalue weighted by atomic mass is 10.0. The van der Waals surface area contributed by atoms with E-state index in [0.29, 0.717) is 6.61 Å².